The van der Waals surface area contributed by atoms with E-state index in [9.17, 15) is 5.11 Å². The van der Waals surface area contributed by atoms with Crippen LogP contribution in [-0.2, 0) is 14.2 Å². The third-order valence-electron chi connectivity index (χ3n) is 4.56. The van der Waals surface area contributed by atoms with Gasteiger partial charge in [0.1, 0.15) is 0 Å². The van der Waals surface area contributed by atoms with Crippen LogP contribution in [0.2, 0.25) is 0 Å². The predicted octanol–water partition coefficient (Wildman–Crippen LogP) is 1.36. The highest BCUT2D eigenvalue weighted by Gasteiger charge is 2.47. The summed E-state index contributed by atoms with van der Waals surface area (Å²) < 4.78 is 16.6. The molecule has 0 radical (unpaired) electrons. The van der Waals surface area contributed by atoms with Gasteiger partial charge in [-0.3, -0.25) is 0 Å². The first kappa shape index (κ1) is 13.3. The largest absolute Gasteiger partial charge is 0.387 e. The minimum absolute atomic E-state index is 0.152. The van der Waals surface area contributed by atoms with E-state index >= 15 is 0 Å². The van der Waals surface area contributed by atoms with Crippen LogP contribution in [0, 0.1) is 5.92 Å². The van der Waals surface area contributed by atoms with Gasteiger partial charge in [-0.05, 0) is 32.6 Å². The van der Waals surface area contributed by atoms with Crippen molar-refractivity contribution in [1.82, 2.24) is 0 Å². The van der Waals surface area contributed by atoms with Gasteiger partial charge in [0.15, 0.2) is 0 Å². The maximum Gasteiger partial charge on any atom is 0.0940 e. The normalized spacial score (nSPS) is 39.2. The summed E-state index contributed by atoms with van der Waals surface area (Å²) >= 11 is 0. The van der Waals surface area contributed by atoms with Crippen molar-refractivity contribution in [3.8, 4) is 0 Å². The van der Waals surface area contributed by atoms with E-state index in [-0.39, 0.29) is 17.6 Å². The van der Waals surface area contributed by atoms with Gasteiger partial charge < -0.3 is 19.3 Å². The van der Waals surface area contributed by atoms with Gasteiger partial charge in [-0.15, -0.1) is 0 Å². The molecule has 2 aliphatic rings. The summed E-state index contributed by atoms with van der Waals surface area (Å²) in [6.07, 6.45) is 2.54. The van der Waals surface area contributed by atoms with Crippen LogP contribution in [0.3, 0.4) is 0 Å². The molecule has 0 saturated carbocycles. The van der Waals surface area contributed by atoms with Crippen LogP contribution in [0.15, 0.2) is 0 Å². The second-order valence-electron chi connectivity index (χ2n) is 5.63. The minimum Gasteiger partial charge on any atom is -0.387 e. The highest BCUT2D eigenvalue weighted by Crippen LogP contribution is 2.41. The predicted molar refractivity (Wildman–Crippen MR) is 63.9 cm³/mol. The van der Waals surface area contributed by atoms with Crippen molar-refractivity contribution in [1.29, 1.82) is 0 Å². The number of hydrogen-bond donors (Lipinski definition) is 1. The van der Waals surface area contributed by atoms with E-state index in [2.05, 4.69) is 0 Å². The number of hydrogen-bond acceptors (Lipinski definition) is 4. The first-order valence-electron chi connectivity index (χ1n) is 6.47. The van der Waals surface area contributed by atoms with Gasteiger partial charge in [0, 0.05) is 26.7 Å². The molecule has 2 heterocycles. The van der Waals surface area contributed by atoms with Crippen molar-refractivity contribution in [2.45, 2.75) is 50.4 Å². The molecule has 1 N–H and O–H groups in total. The molecule has 0 amide bonds. The Morgan fingerprint density at radius 2 is 2.24 bits per heavy atom. The zero-order valence-corrected chi connectivity index (χ0v) is 11.1. The highest BCUT2D eigenvalue weighted by atomic mass is 16.6. The lowest BCUT2D eigenvalue weighted by molar-refractivity contribution is -0.170. The molecule has 0 aromatic rings. The fourth-order valence-electron chi connectivity index (χ4n) is 2.96. The molecular weight excluding hydrogens is 220 g/mol. The second-order valence-corrected chi connectivity index (χ2v) is 5.63. The Morgan fingerprint density at radius 3 is 2.82 bits per heavy atom. The van der Waals surface area contributed by atoms with Gasteiger partial charge in [0.05, 0.1) is 23.9 Å². The summed E-state index contributed by atoms with van der Waals surface area (Å²) in [5.74, 6) is 0.216. The Balaban J connectivity index is 2.06. The van der Waals surface area contributed by atoms with Crippen molar-refractivity contribution in [3.05, 3.63) is 0 Å². The van der Waals surface area contributed by atoms with E-state index in [1.54, 1.807) is 7.11 Å². The maximum atomic E-state index is 10.6. The van der Waals surface area contributed by atoms with Gasteiger partial charge in [-0.2, -0.15) is 0 Å². The molecule has 0 aromatic carbocycles. The van der Waals surface area contributed by atoms with Gasteiger partial charge >= 0.3 is 0 Å². The van der Waals surface area contributed by atoms with Crippen LogP contribution in [-0.4, -0.2) is 49.3 Å². The van der Waals surface area contributed by atoms with Gasteiger partial charge in [-0.25, -0.2) is 0 Å². The molecule has 4 atom stereocenters. The molecule has 4 heteroatoms. The number of ether oxygens (including phenoxy) is 3. The van der Waals surface area contributed by atoms with Gasteiger partial charge in [0.2, 0.25) is 0 Å². The molecule has 2 saturated heterocycles. The van der Waals surface area contributed by atoms with Gasteiger partial charge in [-0.1, -0.05) is 0 Å². The van der Waals surface area contributed by atoms with Crippen molar-refractivity contribution >= 4 is 0 Å². The van der Waals surface area contributed by atoms with E-state index in [1.807, 2.05) is 13.8 Å². The average Bonchev–Trinajstić information content (AvgIpc) is 2.76. The van der Waals surface area contributed by atoms with Gasteiger partial charge in [0.25, 0.3) is 0 Å². The van der Waals surface area contributed by atoms with Crippen LogP contribution in [0.25, 0.3) is 0 Å². The van der Waals surface area contributed by atoms with Crippen LogP contribution in [0.1, 0.15) is 33.1 Å². The molecule has 2 fully saturated rings. The fourth-order valence-corrected chi connectivity index (χ4v) is 2.96. The smallest absolute Gasteiger partial charge is 0.0940 e. The van der Waals surface area contributed by atoms with Crippen molar-refractivity contribution < 1.29 is 19.3 Å². The summed E-state index contributed by atoms with van der Waals surface area (Å²) in [6, 6.07) is 0. The number of aliphatic hydroxyl groups is 1. The highest BCUT2D eigenvalue weighted by molar-refractivity contribution is 4.97. The number of rotatable bonds is 3. The maximum absolute atomic E-state index is 10.6. The molecule has 17 heavy (non-hydrogen) atoms. The fraction of sp³-hybridized carbons (Fsp3) is 1.00. The lowest BCUT2D eigenvalue weighted by Gasteiger charge is -2.45. The summed E-state index contributed by atoms with van der Waals surface area (Å²) in [7, 11) is 1.65. The first-order chi connectivity index (χ1) is 8.00. The Labute approximate surface area is 103 Å². The third kappa shape index (κ3) is 2.50. The molecule has 0 bridgehead atoms. The molecule has 2 rings (SSSR count). The average molecular weight is 244 g/mol. The van der Waals surface area contributed by atoms with Crippen molar-refractivity contribution in [2.24, 2.45) is 5.92 Å². The Morgan fingerprint density at radius 1 is 1.47 bits per heavy atom. The lowest BCUT2D eigenvalue weighted by atomic mass is 9.74. The minimum atomic E-state index is -0.797. The summed E-state index contributed by atoms with van der Waals surface area (Å²) in [6.45, 7) is 5.95. The van der Waals surface area contributed by atoms with Crippen LogP contribution >= 0.6 is 0 Å². The Bertz CT molecular complexity index is 258. The Kier molecular flexibility index (Phi) is 3.78. The van der Waals surface area contributed by atoms with Crippen LogP contribution in [0.5, 0.6) is 0 Å². The standard InChI is InChI=1S/C13H24O4/c1-10(15-3)12(2,14)11-4-6-17-13(8-11)5-7-16-9-13/h10-11,14H,4-9H2,1-3H3. The summed E-state index contributed by atoms with van der Waals surface area (Å²) in [5, 5.41) is 10.6. The second kappa shape index (κ2) is 4.84. The first-order valence-corrected chi connectivity index (χ1v) is 6.47. The lowest BCUT2D eigenvalue weighted by Crippen LogP contribution is -2.52. The van der Waals surface area contributed by atoms with E-state index in [0.29, 0.717) is 13.2 Å². The van der Waals surface area contributed by atoms with Crippen molar-refractivity contribution in [3.63, 3.8) is 0 Å². The summed E-state index contributed by atoms with van der Waals surface area (Å²) in [4.78, 5) is 0. The third-order valence-corrected chi connectivity index (χ3v) is 4.56. The quantitative estimate of drug-likeness (QED) is 0.814. The number of methoxy groups -OCH3 is 1. The van der Waals surface area contributed by atoms with E-state index in [0.717, 1.165) is 25.9 Å². The zero-order valence-electron chi connectivity index (χ0n) is 11.1. The molecule has 100 valence electrons. The molecule has 2 aliphatic heterocycles. The van der Waals surface area contributed by atoms with E-state index in [4.69, 9.17) is 14.2 Å². The van der Waals surface area contributed by atoms with Crippen molar-refractivity contribution in [2.75, 3.05) is 26.9 Å². The zero-order chi connectivity index (χ0) is 12.5. The summed E-state index contributed by atoms with van der Waals surface area (Å²) in [5.41, 5.74) is -0.950. The molecule has 0 aromatic heterocycles. The topological polar surface area (TPSA) is 47.9 Å². The monoisotopic (exact) mass is 244 g/mol. The SMILES string of the molecule is COC(C)C(C)(O)C1CCOC2(CCOC2)C1. The molecule has 1 spiro atoms. The molecule has 4 nitrogen and oxygen atoms in total. The Hall–Kier alpha value is -0.160. The van der Waals surface area contributed by atoms with E-state index < -0.39 is 5.60 Å². The van der Waals surface area contributed by atoms with Crippen LogP contribution in [0.4, 0.5) is 0 Å². The molecular formula is C13H24O4. The molecule has 4 unspecified atom stereocenters. The van der Waals surface area contributed by atoms with E-state index in [1.165, 1.54) is 0 Å². The van der Waals surface area contributed by atoms with Crippen LogP contribution < -0.4 is 0 Å². The molecule has 0 aliphatic carbocycles.